The fourth-order valence-corrected chi connectivity index (χ4v) is 1.85. The molecule has 0 atom stereocenters. The van der Waals surface area contributed by atoms with Crippen molar-refractivity contribution in [3.63, 3.8) is 0 Å². The standard InChI is InChI=1S/C14H12N3/c1-17-13-10-6-5-9-12(13)16-14(17)15-11-7-3-2-4-8-11/h2-7,9-10H,1H3,(H,15,16). The first kappa shape index (κ1) is 9.90. The van der Waals surface area contributed by atoms with Crippen LogP contribution in [0, 0.1) is 6.07 Å². The average molecular weight is 222 g/mol. The molecule has 1 N–H and O–H groups in total. The van der Waals surface area contributed by atoms with Crippen LogP contribution >= 0.6 is 0 Å². The van der Waals surface area contributed by atoms with Crippen molar-refractivity contribution in [1.82, 2.24) is 9.55 Å². The Morgan fingerprint density at radius 2 is 1.94 bits per heavy atom. The number of imidazole rings is 1. The summed E-state index contributed by atoms with van der Waals surface area (Å²) >= 11 is 0. The Morgan fingerprint density at radius 3 is 2.71 bits per heavy atom. The summed E-state index contributed by atoms with van der Waals surface area (Å²) in [6.45, 7) is 0. The molecule has 17 heavy (non-hydrogen) atoms. The molecule has 3 nitrogen and oxygen atoms in total. The lowest BCUT2D eigenvalue weighted by atomic mass is 10.3. The molecule has 0 spiro atoms. The second-order valence-corrected chi connectivity index (χ2v) is 3.88. The predicted octanol–water partition coefficient (Wildman–Crippen LogP) is 3.12. The van der Waals surface area contributed by atoms with E-state index in [-0.39, 0.29) is 0 Å². The summed E-state index contributed by atoms with van der Waals surface area (Å²) in [6, 6.07) is 19.0. The van der Waals surface area contributed by atoms with E-state index in [9.17, 15) is 0 Å². The molecule has 0 aliphatic carbocycles. The molecule has 83 valence electrons. The van der Waals surface area contributed by atoms with Crippen LogP contribution in [0.1, 0.15) is 0 Å². The number of benzene rings is 2. The minimum Gasteiger partial charge on any atom is -0.325 e. The van der Waals surface area contributed by atoms with Crippen LogP contribution in [0.2, 0.25) is 0 Å². The Balaban J connectivity index is 2.04. The minimum atomic E-state index is 0.827. The van der Waals surface area contributed by atoms with Crippen LogP contribution in [0.5, 0.6) is 0 Å². The third-order valence-electron chi connectivity index (χ3n) is 2.74. The van der Waals surface area contributed by atoms with Crippen molar-refractivity contribution in [2.24, 2.45) is 7.05 Å². The third-order valence-corrected chi connectivity index (χ3v) is 2.74. The lowest BCUT2D eigenvalue weighted by molar-refractivity contribution is 0.958. The molecule has 0 fully saturated rings. The number of aromatic nitrogens is 2. The summed E-state index contributed by atoms with van der Waals surface area (Å²) in [7, 11) is 2.00. The van der Waals surface area contributed by atoms with E-state index in [1.807, 2.05) is 54.1 Å². The highest BCUT2D eigenvalue weighted by Crippen LogP contribution is 2.20. The maximum absolute atomic E-state index is 4.54. The van der Waals surface area contributed by atoms with E-state index in [0.29, 0.717) is 0 Å². The van der Waals surface area contributed by atoms with Crippen molar-refractivity contribution in [2.75, 3.05) is 5.32 Å². The number of rotatable bonds is 2. The van der Waals surface area contributed by atoms with Gasteiger partial charge in [0.15, 0.2) is 0 Å². The molecule has 0 amide bonds. The van der Waals surface area contributed by atoms with Crippen molar-refractivity contribution in [2.45, 2.75) is 0 Å². The molecule has 0 unspecified atom stereocenters. The third kappa shape index (κ3) is 1.76. The van der Waals surface area contributed by atoms with Gasteiger partial charge in [0.25, 0.3) is 0 Å². The number of nitrogens with zero attached hydrogens (tertiary/aromatic N) is 2. The molecule has 0 aliphatic rings. The molecule has 0 saturated heterocycles. The van der Waals surface area contributed by atoms with Gasteiger partial charge in [-0.2, -0.15) is 0 Å². The van der Waals surface area contributed by atoms with E-state index in [4.69, 9.17) is 0 Å². The average Bonchev–Trinajstić information content (AvgIpc) is 2.68. The number of hydrogen-bond donors (Lipinski definition) is 1. The monoisotopic (exact) mass is 222 g/mol. The van der Waals surface area contributed by atoms with E-state index < -0.39 is 0 Å². The molecule has 1 heterocycles. The van der Waals surface area contributed by atoms with Gasteiger partial charge in [0.1, 0.15) is 0 Å². The second-order valence-electron chi connectivity index (χ2n) is 3.88. The Kier molecular flexibility index (Phi) is 2.29. The van der Waals surface area contributed by atoms with Gasteiger partial charge in [-0.3, -0.25) is 0 Å². The molecule has 2 aromatic carbocycles. The van der Waals surface area contributed by atoms with Crippen LogP contribution in [0.15, 0.2) is 48.5 Å². The minimum absolute atomic E-state index is 0.827. The summed E-state index contributed by atoms with van der Waals surface area (Å²) in [4.78, 5) is 4.54. The molecule has 1 aromatic heterocycles. The number of hydrogen-bond acceptors (Lipinski definition) is 2. The fourth-order valence-electron chi connectivity index (χ4n) is 1.85. The molecule has 0 bridgehead atoms. The van der Waals surface area contributed by atoms with E-state index in [2.05, 4.69) is 22.4 Å². The van der Waals surface area contributed by atoms with E-state index >= 15 is 0 Å². The van der Waals surface area contributed by atoms with Gasteiger partial charge in [-0.25, -0.2) is 4.98 Å². The number of fused-ring (bicyclic) bond motifs is 1. The summed E-state index contributed by atoms with van der Waals surface area (Å²) in [6.07, 6.45) is 0. The van der Waals surface area contributed by atoms with Gasteiger partial charge in [0, 0.05) is 18.8 Å². The highest BCUT2D eigenvalue weighted by molar-refractivity contribution is 5.79. The maximum atomic E-state index is 4.54. The normalized spacial score (nSPS) is 10.6. The van der Waals surface area contributed by atoms with Crippen molar-refractivity contribution in [3.05, 3.63) is 54.6 Å². The van der Waals surface area contributed by atoms with Crippen molar-refractivity contribution < 1.29 is 0 Å². The fraction of sp³-hybridized carbons (Fsp3) is 0.0714. The zero-order valence-corrected chi connectivity index (χ0v) is 9.51. The number of para-hydroxylation sites is 3. The first-order valence-electron chi connectivity index (χ1n) is 5.50. The van der Waals surface area contributed by atoms with Crippen LogP contribution in [0.25, 0.3) is 11.0 Å². The number of aryl methyl sites for hydroxylation is 1. The zero-order chi connectivity index (χ0) is 11.7. The Bertz CT molecular complexity index is 641. The quantitative estimate of drug-likeness (QED) is 0.722. The van der Waals surface area contributed by atoms with Gasteiger partial charge >= 0.3 is 0 Å². The lowest BCUT2D eigenvalue weighted by Crippen LogP contribution is -1.98. The van der Waals surface area contributed by atoms with E-state index in [1.165, 1.54) is 0 Å². The summed E-state index contributed by atoms with van der Waals surface area (Å²) < 4.78 is 2.04. The van der Waals surface area contributed by atoms with Crippen LogP contribution in [-0.4, -0.2) is 9.55 Å². The topological polar surface area (TPSA) is 29.9 Å². The Hall–Kier alpha value is -2.29. The summed E-state index contributed by atoms with van der Waals surface area (Å²) in [5.74, 6) is 0.827. The Morgan fingerprint density at radius 1 is 1.12 bits per heavy atom. The molecule has 1 radical (unpaired) electrons. The second kappa shape index (κ2) is 3.94. The van der Waals surface area contributed by atoms with Crippen molar-refractivity contribution in [3.8, 4) is 0 Å². The molecule has 3 heteroatoms. The lowest BCUT2D eigenvalue weighted by Gasteiger charge is -2.04. The van der Waals surface area contributed by atoms with Crippen molar-refractivity contribution in [1.29, 1.82) is 0 Å². The molecule has 3 rings (SSSR count). The number of anilines is 2. The highest BCUT2D eigenvalue weighted by atomic mass is 15.2. The van der Waals surface area contributed by atoms with Gasteiger partial charge in [-0.1, -0.05) is 30.3 Å². The smallest absolute Gasteiger partial charge is 0.208 e. The van der Waals surface area contributed by atoms with E-state index in [0.717, 1.165) is 22.7 Å². The molecule has 0 aliphatic heterocycles. The molecule has 3 aromatic rings. The first-order chi connectivity index (χ1) is 8.34. The maximum Gasteiger partial charge on any atom is 0.208 e. The van der Waals surface area contributed by atoms with Crippen LogP contribution in [0.4, 0.5) is 11.6 Å². The largest absolute Gasteiger partial charge is 0.325 e. The molecular formula is C14H12N3. The van der Waals surface area contributed by atoms with Gasteiger partial charge in [-0.05, 0) is 18.2 Å². The van der Waals surface area contributed by atoms with Crippen LogP contribution in [0.3, 0.4) is 0 Å². The van der Waals surface area contributed by atoms with Gasteiger partial charge < -0.3 is 9.88 Å². The Labute approximate surface area is 99.7 Å². The molecule has 0 saturated carbocycles. The summed E-state index contributed by atoms with van der Waals surface area (Å²) in [5, 5.41) is 3.26. The van der Waals surface area contributed by atoms with Crippen molar-refractivity contribution >= 4 is 22.7 Å². The van der Waals surface area contributed by atoms with Crippen LogP contribution in [-0.2, 0) is 7.05 Å². The summed E-state index contributed by atoms with van der Waals surface area (Å²) in [5.41, 5.74) is 3.03. The first-order valence-corrected chi connectivity index (χ1v) is 5.50. The number of nitrogens with one attached hydrogen (secondary N) is 1. The van der Waals surface area contributed by atoms with Crippen LogP contribution < -0.4 is 5.32 Å². The van der Waals surface area contributed by atoms with E-state index in [1.54, 1.807) is 0 Å². The SMILES string of the molecule is Cn1c(Nc2[c]cccc2)nc2ccccc21. The predicted molar refractivity (Wildman–Crippen MR) is 69.3 cm³/mol. The zero-order valence-electron chi connectivity index (χ0n) is 9.51. The highest BCUT2D eigenvalue weighted by Gasteiger charge is 2.06. The van der Waals surface area contributed by atoms with Gasteiger partial charge in [-0.15, -0.1) is 0 Å². The molecular weight excluding hydrogens is 210 g/mol. The van der Waals surface area contributed by atoms with Gasteiger partial charge in [0.05, 0.1) is 11.0 Å². The van der Waals surface area contributed by atoms with Gasteiger partial charge in [0.2, 0.25) is 5.95 Å².